The molecule has 220 valence electrons. The summed E-state index contributed by atoms with van der Waals surface area (Å²) in [5.74, 6) is 1.57. The molecule has 14 heteroatoms. The number of rotatable bonds is 4. The summed E-state index contributed by atoms with van der Waals surface area (Å²) >= 11 is 0. The molecule has 0 aliphatic rings. The first-order valence-electron chi connectivity index (χ1n) is 16.5. The molecule has 0 fully saturated rings. The zero-order valence-electron chi connectivity index (χ0n) is 28.1. The van der Waals surface area contributed by atoms with Gasteiger partial charge >= 0.3 is 0 Å². The number of fused-ring (bicyclic) bond motifs is 3. The van der Waals surface area contributed by atoms with Crippen molar-refractivity contribution in [3.8, 4) is 39.9 Å². The molecule has 0 spiro atoms. The number of aromatic nitrogens is 4. The van der Waals surface area contributed by atoms with E-state index in [1.165, 1.54) is 0 Å². The standard InChI is InChI=1S/C39H14B10N4/c40-25-19-20(26(41)30(45)29(25)44)22-24-23-21(19)27(42)31(46)33(48)35(23)53(36(24)34(49)32(47)28(22)43)18-13-11-17(12-14-18)39-51-37(15-7-3-1-4-8-15)50-38(52-39)16-9-5-2-6-10-16/h1-14H. The van der Waals surface area contributed by atoms with Crippen molar-refractivity contribution in [2.24, 2.45) is 0 Å². The van der Waals surface area contributed by atoms with Gasteiger partial charge in [-0.2, -0.15) is 0 Å². The summed E-state index contributed by atoms with van der Waals surface area (Å²) in [6, 6.07) is 27.1. The Morgan fingerprint density at radius 1 is 0.302 bits per heavy atom. The van der Waals surface area contributed by atoms with Crippen LogP contribution in [-0.4, -0.2) is 98.0 Å². The van der Waals surface area contributed by atoms with Gasteiger partial charge in [0.2, 0.25) is 0 Å². The third kappa shape index (κ3) is 4.73. The molecule has 0 N–H and O–H groups in total. The average Bonchev–Trinajstić information content (AvgIpc) is 3.55. The average molecular weight is 647 g/mol. The topological polar surface area (TPSA) is 43.6 Å². The zero-order valence-corrected chi connectivity index (χ0v) is 28.1. The van der Waals surface area contributed by atoms with Gasteiger partial charge in [0.05, 0.1) is 0 Å². The molecular formula is C39H14B10N4. The van der Waals surface area contributed by atoms with Crippen LogP contribution in [-0.2, 0) is 0 Å². The molecule has 0 aliphatic heterocycles. The summed E-state index contributed by atoms with van der Waals surface area (Å²) < 4.78 is 1.89. The van der Waals surface area contributed by atoms with Gasteiger partial charge in [-0.05, 0) is 45.8 Å². The van der Waals surface area contributed by atoms with Crippen molar-refractivity contribution < 1.29 is 0 Å². The third-order valence-electron chi connectivity index (χ3n) is 10.1. The van der Waals surface area contributed by atoms with Gasteiger partial charge in [-0.25, -0.2) is 15.0 Å². The fourth-order valence-corrected chi connectivity index (χ4v) is 7.48. The number of benzene rings is 7. The van der Waals surface area contributed by atoms with E-state index in [1.807, 2.05) is 89.5 Å². The van der Waals surface area contributed by atoms with E-state index in [4.69, 9.17) is 93.4 Å². The normalized spacial score (nSPS) is 11.8. The van der Waals surface area contributed by atoms with Crippen LogP contribution in [0.5, 0.6) is 0 Å². The molecule has 2 heterocycles. The van der Waals surface area contributed by atoms with Gasteiger partial charge in [0, 0.05) is 44.2 Å². The number of hydrogen-bond acceptors (Lipinski definition) is 3. The predicted molar refractivity (Wildman–Crippen MR) is 231 cm³/mol. The maximum Gasteiger partial charge on any atom is 0.164 e. The summed E-state index contributed by atoms with van der Waals surface area (Å²) in [6.07, 6.45) is 0. The maximum atomic E-state index is 6.84. The van der Waals surface area contributed by atoms with Crippen molar-refractivity contribution in [1.29, 1.82) is 0 Å². The Hall–Kier alpha value is -5.22. The van der Waals surface area contributed by atoms with Crippen molar-refractivity contribution in [2.45, 2.75) is 0 Å². The molecule has 4 nitrogen and oxygen atoms in total. The molecule has 7 aromatic carbocycles. The van der Waals surface area contributed by atoms with Gasteiger partial charge in [0.25, 0.3) is 0 Å². The van der Waals surface area contributed by atoms with E-state index in [0.29, 0.717) is 66.5 Å². The maximum absolute atomic E-state index is 6.84. The van der Waals surface area contributed by atoms with Crippen LogP contribution in [0.25, 0.3) is 83.2 Å². The van der Waals surface area contributed by atoms with Crippen LogP contribution < -0.4 is 54.6 Å². The second-order valence-corrected chi connectivity index (χ2v) is 13.0. The van der Waals surface area contributed by atoms with Gasteiger partial charge in [0.1, 0.15) is 78.5 Å². The second kappa shape index (κ2) is 12.2. The van der Waals surface area contributed by atoms with E-state index < -0.39 is 0 Å². The van der Waals surface area contributed by atoms with Gasteiger partial charge in [-0.3, -0.25) is 0 Å². The summed E-state index contributed by atoms with van der Waals surface area (Å²) in [6.45, 7) is 0. The lowest BCUT2D eigenvalue weighted by Gasteiger charge is -2.24. The minimum atomic E-state index is 0.102. The molecule has 0 saturated heterocycles. The van der Waals surface area contributed by atoms with E-state index in [0.717, 1.165) is 16.7 Å². The van der Waals surface area contributed by atoms with Crippen molar-refractivity contribution in [3.05, 3.63) is 84.9 Å². The molecular weight excluding hydrogens is 633 g/mol. The first kappa shape index (κ1) is 33.6. The van der Waals surface area contributed by atoms with Crippen LogP contribution in [0.4, 0.5) is 0 Å². The van der Waals surface area contributed by atoms with Gasteiger partial charge in [-0.15, -0.1) is 21.9 Å². The quantitative estimate of drug-likeness (QED) is 0.159. The molecule has 9 aromatic rings. The molecule has 0 bridgehead atoms. The molecule has 0 saturated carbocycles. The Morgan fingerprint density at radius 3 is 0.962 bits per heavy atom. The summed E-state index contributed by atoms with van der Waals surface area (Å²) in [5.41, 5.74) is 5.81. The van der Waals surface area contributed by atoms with Crippen molar-refractivity contribution in [3.63, 3.8) is 0 Å². The zero-order chi connectivity index (χ0) is 37.0. The largest absolute Gasteiger partial charge is 0.310 e. The molecule has 2 aromatic heterocycles. The molecule has 9 rings (SSSR count). The Kier molecular flexibility index (Phi) is 7.71. The van der Waals surface area contributed by atoms with Gasteiger partial charge < -0.3 is 4.57 Å². The first-order valence-corrected chi connectivity index (χ1v) is 16.5. The van der Waals surface area contributed by atoms with Crippen LogP contribution >= 0.6 is 0 Å². The van der Waals surface area contributed by atoms with Crippen molar-refractivity contribution in [1.82, 2.24) is 19.5 Å². The highest BCUT2D eigenvalue weighted by Gasteiger charge is 2.28. The van der Waals surface area contributed by atoms with Gasteiger partial charge in [0.15, 0.2) is 17.5 Å². The first-order chi connectivity index (χ1) is 25.5. The minimum absolute atomic E-state index is 0.102. The monoisotopic (exact) mass is 648 g/mol. The third-order valence-corrected chi connectivity index (χ3v) is 10.1. The smallest absolute Gasteiger partial charge is 0.164 e. The fraction of sp³-hybridized carbons (Fsp3) is 0. The Bertz CT molecular complexity index is 2810. The Balaban J connectivity index is 1.36. The van der Waals surface area contributed by atoms with Crippen LogP contribution in [0.2, 0.25) is 0 Å². The molecule has 0 amide bonds. The lowest BCUT2D eigenvalue weighted by Crippen LogP contribution is -2.49. The van der Waals surface area contributed by atoms with E-state index in [2.05, 4.69) is 0 Å². The summed E-state index contributed by atoms with van der Waals surface area (Å²) in [4.78, 5) is 14.6. The molecule has 0 atom stereocenters. The molecule has 0 unspecified atom stereocenters. The fourth-order valence-electron chi connectivity index (χ4n) is 7.48. The lowest BCUT2D eigenvalue weighted by molar-refractivity contribution is 1.07. The second-order valence-electron chi connectivity index (χ2n) is 13.0. The number of hydrogen-bond donors (Lipinski definition) is 0. The molecule has 0 aliphatic carbocycles. The van der Waals surface area contributed by atoms with Crippen LogP contribution in [0.15, 0.2) is 84.9 Å². The minimum Gasteiger partial charge on any atom is -0.310 e. The van der Waals surface area contributed by atoms with E-state index >= 15 is 0 Å². The van der Waals surface area contributed by atoms with Gasteiger partial charge in [-0.1, -0.05) is 93.4 Å². The summed E-state index contributed by atoms with van der Waals surface area (Å²) in [5, 5.41) is 3.06. The van der Waals surface area contributed by atoms with Crippen molar-refractivity contribution >= 4 is 176 Å². The highest BCUT2D eigenvalue weighted by molar-refractivity contribution is 6.74. The lowest BCUT2D eigenvalue weighted by atomic mass is 9.60. The predicted octanol–water partition coefficient (Wildman–Crippen LogP) is -2.35. The highest BCUT2D eigenvalue weighted by atomic mass is 15.0. The van der Waals surface area contributed by atoms with E-state index in [9.17, 15) is 0 Å². The SMILES string of the molecule is [B]c1c([B])c([B])c2c(c1[B])c1c([B])c([B])c([B])c3c1c1c2c([B])c([B])c([B])c1n3-c1ccc(-c2nc(-c3ccccc3)nc(-c3ccccc3)n2)cc1. The molecule has 20 radical (unpaired) electrons. The summed E-state index contributed by atoms with van der Waals surface area (Å²) in [7, 11) is 66.6. The van der Waals surface area contributed by atoms with E-state index in [-0.39, 0.29) is 54.6 Å². The van der Waals surface area contributed by atoms with E-state index in [1.54, 1.807) is 0 Å². The van der Waals surface area contributed by atoms with Crippen LogP contribution in [0, 0.1) is 0 Å². The van der Waals surface area contributed by atoms with Crippen LogP contribution in [0.3, 0.4) is 0 Å². The van der Waals surface area contributed by atoms with Crippen LogP contribution in [0.1, 0.15) is 0 Å². The molecule has 53 heavy (non-hydrogen) atoms. The van der Waals surface area contributed by atoms with Crippen molar-refractivity contribution in [2.75, 3.05) is 0 Å². The highest BCUT2D eigenvalue weighted by Crippen LogP contribution is 2.39. The number of nitrogens with zero attached hydrogens (tertiary/aromatic N) is 4. The Labute approximate surface area is 319 Å². The Morgan fingerprint density at radius 2 is 0.604 bits per heavy atom.